The number of carbonyl (C=O) groups is 1. The minimum Gasteiger partial charge on any atom is -0.437 e. The molecule has 0 aliphatic carbocycles. The Morgan fingerprint density at radius 3 is 2.46 bits per heavy atom. The van der Waals surface area contributed by atoms with Gasteiger partial charge in [-0.25, -0.2) is 4.79 Å². The Kier molecular flexibility index (Phi) is 4.99. The molecule has 7 nitrogen and oxygen atoms in total. The molecule has 8 heteroatoms. The maximum absolute atomic E-state index is 11.8. The Morgan fingerprint density at radius 2 is 1.88 bits per heavy atom. The van der Waals surface area contributed by atoms with Gasteiger partial charge >= 0.3 is 6.16 Å². The van der Waals surface area contributed by atoms with Gasteiger partial charge in [-0.1, -0.05) is 28.9 Å². The van der Waals surface area contributed by atoms with Crippen LogP contribution in [0.25, 0.3) is 5.57 Å². The molecule has 3 rings (SSSR count). The molecule has 2 aromatic rings. The van der Waals surface area contributed by atoms with Crippen LogP contribution in [0.3, 0.4) is 0 Å². The predicted octanol–water partition coefficient (Wildman–Crippen LogP) is 4.16. The van der Waals surface area contributed by atoms with Crippen molar-refractivity contribution in [2.24, 2.45) is 0 Å². The number of carbonyl (C=O) groups excluding carboxylic acids is 1. The zero-order valence-electron chi connectivity index (χ0n) is 14.8. The van der Waals surface area contributed by atoms with Gasteiger partial charge in [-0.2, -0.15) is 4.98 Å². The number of halogens is 1. The molecule has 1 atom stereocenters. The van der Waals surface area contributed by atoms with Crippen molar-refractivity contribution in [1.29, 1.82) is 0 Å². The Morgan fingerprint density at radius 1 is 1.19 bits per heavy atom. The van der Waals surface area contributed by atoms with E-state index in [1.54, 1.807) is 19.1 Å². The molecule has 136 valence electrons. The number of hydrogen-bond acceptors (Lipinski definition) is 7. The average Bonchev–Trinajstić information content (AvgIpc) is 3.03. The highest BCUT2D eigenvalue weighted by Crippen LogP contribution is 2.43. The highest BCUT2D eigenvalue weighted by atomic mass is 35.5. The van der Waals surface area contributed by atoms with E-state index < -0.39 is 12.1 Å². The number of nitrogens with zero attached hydrogens (tertiary/aromatic N) is 2. The second-order valence-electron chi connectivity index (χ2n) is 5.84. The fourth-order valence-electron chi connectivity index (χ4n) is 2.90. The second-order valence-corrected chi connectivity index (χ2v) is 6.28. The van der Waals surface area contributed by atoms with Crippen LogP contribution >= 0.6 is 11.6 Å². The standard InChI is InChI=1S/C18H18ClN3O4/c1-9-14(17-21-11(3)22-26-17)15(12-5-7-13(19)8-6-12)16(10(2)20-9)25-18(23)24-4/h5-8,15,20H,1-4H3. The molecule has 0 spiro atoms. The molecule has 1 aliphatic heterocycles. The van der Waals surface area contributed by atoms with Crippen LogP contribution in [0.5, 0.6) is 0 Å². The van der Waals surface area contributed by atoms with Gasteiger partial charge in [0.25, 0.3) is 5.89 Å². The van der Waals surface area contributed by atoms with Crippen molar-refractivity contribution in [1.82, 2.24) is 15.5 Å². The summed E-state index contributed by atoms with van der Waals surface area (Å²) in [7, 11) is 1.26. The quantitative estimate of drug-likeness (QED) is 0.806. The number of nitrogens with one attached hydrogen (secondary N) is 1. The van der Waals surface area contributed by atoms with Gasteiger partial charge in [0.1, 0.15) is 5.76 Å². The molecule has 0 bridgehead atoms. The molecule has 0 radical (unpaired) electrons. The SMILES string of the molecule is COC(=O)OC1=C(C)NC(C)=C(c2nc(C)no2)C1c1ccc(Cl)cc1. The maximum Gasteiger partial charge on any atom is 0.513 e. The van der Waals surface area contributed by atoms with Crippen LogP contribution in [0, 0.1) is 6.92 Å². The molecule has 1 N–H and O–H groups in total. The Bertz CT molecular complexity index is 899. The van der Waals surface area contributed by atoms with Gasteiger partial charge in [0.15, 0.2) is 5.82 Å². The zero-order chi connectivity index (χ0) is 18.8. The molecule has 1 aromatic carbocycles. The molecule has 1 aromatic heterocycles. The topological polar surface area (TPSA) is 86.5 Å². The van der Waals surface area contributed by atoms with Crippen LogP contribution in [-0.4, -0.2) is 23.4 Å². The number of hydrogen-bond donors (Lipinski definition) is 1. The summed E-state index contributed by atoms with van der Waals surface area (Å²) in [6, 6.07) is 7.28. The van der Waals surface area contributed by atoms with Crippen LogP contribution in [0.1, 0.15) is 37.0 Å². The third-order valence-corrected chi connectivity index (χ3v) is 4.27. The van der Waals surface area contributed by atoms with Gasteiger partial charge in [0.2, 0.25) is 0 Å². The lowest BCUT2D eigenvalue weighted by atomic mass is 9.85. The lowest BCUT2D eigenvalue weighted by Crippen LogP contribution is -2.26. The summed E-state index contributed by atoms with van der Waals surface area (Å²) < 4.78 is 15.5. The van der Waals surface area contributed by atoms with E-state index in [9.17, 15) is 4.79 Å². The van der Waals surface area contributed by atoms with Crippen molar-refractivity contribution >= 4 is 23.3 Å². The third kappa shape index (κ3) is 3.43. The van der Waals surface area contributed by atoms with Crippen LogP contribution in [-0.2, 0) is 9.47 Å². The number of aromatic nitrogens is 2. The third-order valence-electron chi connectivity index (χ3n) is 4.02. The Balaban J connectivity index is 2.16. The van der Waals surface area contributed by atoms with Crippen molar-refractivity contribution in [2.45, 2.75) is 26.7 Å². The lowest BCUT2D eigenvalue weighted by Gasteiger charge is -2.29. The van der Waals surface area contributed by atoms with Crippen molar-refractivity contribution in [2.75, 3.05) is 7.11 Å². The highest BCUT2D eigenvalue weighted by molar-refractivity contribution is 6.30. The van der Waals surface area contributed by atoms with E-state index in [0.717, 1.165) is 16.8 Å². The number of ether oxygens (including phenoxy) is 2. The predicted molar refractivity (Wildman–Crippen MR) is 95.1 cm³/mol. The number of methoxy groups -OCH3 is 1. The number of dihydropyridines is 1. The molecule has 26 heavy (non-hydrogen) atoms. The summed E-state index contributed by atoms with van der Waals surface area (Å²) in [5, 5.41) is 7.68. The second kappa shape index (κ2) is 7.21. The first-order valence-electron chi connectivity index (χ1n) is 7.91. The molecular formula is C18H18ClN3O4. The van der Waals surface area contributed by atoms with Crippen molar-refractivity contribution in [3.8, 4) is 0 Å². The van der Waals surface area contributed by atoms with Crippen LogP contribution < -0.4 is 5.32 Å². The Hall–Kier alpha value is -2.80. The summed E-state index contributed by atoms with van der Waals surface area (Å²) in [5.41, 5.74) is 3.09. The fraction of sp³-hybridized carbons (Fsp3) is 0.278. The Labute approximate surface area is 155 Å². The van der Waals surface area contributed by atoms with E-state index in [-0.39, 0.29) is 0 Å². The van der Waals surface area contributed by atoms with E-state index in [0.29, 0.717) is 28.2 Å². The summed E-state index contributed by atoms with van der Waals surface area (Å²) in [5.74, 6) is 0.825. The smallest absolute Gasteiger partial charge is 0.437 e. The monoisotopic (exact) mass is 375 g/mol. The number of allylic oxidation sites excluding steroid dienone is 3. The molecule has 1 unspecified atom stereocenters. The van der Waals surface area contributed by atoms with Gasteiger partial charge in [0.05, 0.1) is 24.3 Å². The normalized spacial score (nSPS) is 17.2. The minimum absolute atomic E-state index is 0.353. The molecule has 0 saturated carbocycles. The van der Waals surface area contributed by atoms with Gasteiger partial charge in [-0.05, 0) is 38.5 Å². The van der Waals surface area contributed by atoms with Crippen LogP contribution in [0.15, 0.2) is 45.9 Å². The lowest BCUT2D eigenvalue weighted by molar-refractivity contribution is 0.0928. The van der Waals surface area contributed by atoms with E-state index >= 15 is 0 Å². The van der Waals surface area contributed by atoms with Gasteiger partial charge in [0, 0.05) is 10.7 Å². The number of rotatable bonds is 3. The van der Waals surface area contributed by atoms with Gasteiger partial charge in [-0.15, -0.1) is 0 Å². The highest BCUT2D eigenvalue weighted by Gasteiger charge is 2.35. The summed E-state index contributed by atoms with van der Waals surface area (Å²) >= 11 is 6.03. The number of aryl methyl sites for hydroxylation is 1. The zero-order valence-corrected chi connectivity index (χ0v) is 15.5. The molecule has 1 aliphatic rings. The van der Waals surface area contributed by atoms with Crippen molar-refractivity contribution in [3.05, 3.63) is 63.7 Å². The fourth-order valence-corrected chi connectivity index (χ4v) is 3.03. The summed E-state index contributed by atoms with van der Waals surface area (Å²) in [6.07, 6.45) is -0.805. The average molecular weight is 376 g/mol. The van der Waals surface area contributed by atoms with E-state index in [1.807, 2.05) is 26.0 Å². The molecule has 2 heterocycles. The van der Waals surface area contributed by atoms with E-state index in [1.165, 1.54) is 7.11 Å². The molecular weight excluding hydrogens is 358 g/mol. The summed E-state index contributed by atoms with van der Waals surface area (Å²) in [6.45, 7) is 5.46. The van der Waals surface area contributed by atoms with Crippen molar-refractivity contribution in [3.63, 3.8) is 0 Å². The molecule has 0 saturated heterocycles. The first-order chi connectivity index (χ1) is 12.4. The van der Waals surface area contributed by atoms with Crippen LogP contribution in [0.4, 0.5) is 4.79 Å². The minimum atomic E-state index is -0.805. The molecule has 0 fully saturated rings. The first-order valence-corrected chi connectivity index (χ1v) is 8.29. The first kappa shape index (κ1) is 18.0. The van der Waals surface area contributed by atoms with Gasteiger partial charge < -0.3 is 19.3 Å². The number of benzene rings is 1. The van der Waals surface area contributed by atoms with E-state index in [4.69, 9.17) is 20.9 Å². The van der Waals surface area contributed by atoms with Crippen LogP contribution in [0.2, 0.25) is 5.02 Å². The summed E-state index contributed by atoms with van der Waals surface area (Å²) in [4.78, 5) is 16.1. The largest absolute Gasteiger partial charge is 0.513 e. The van der Waals surface area contributed by atoms with E-state index in [2.05, 4.69) is 20.2 Å². The van der Waals surface area contributed by atoms with Gasteiger partial charge in [-0.3, -0.25) is 0 Å². The molecule has 0 amide bonds. The maximum atomic E-state index is 11.8. The van der Waals surface area contributed by atoms with Crippen molar-refractivity contribution < 1.29 is 18.8 Å².